The lowest BCUT2D eigenvalue weighted by Crippen LogP contribution is -2.29. The van der Waals surface area contributed by atoms with Crippen LogP contribution in [0.2, 0.25) is 0 Å². The molecule has 0 unspecified atom stereocenters. The number of hydrogen-bond donors (Lipinski definition) is 1. The van der Waals surface area contributed by atoms with Gasteiger partial charge in [-0.25, -0.2) is 4.39 Å². The molecule has 22 heavy (non-hydrogen) atoms. The lowest BCUT2D eigenvalue weighted by atomic mass is 10.2. The van der Waals surface area contributed by atoms with Crippen LogP contribution in [-0.2, 0) is 21.2 Å². The van der Waals surface area contributed by atoms with Crippen molar-refractivity contribution < 1.29 is 17.6 Å². The van der Waals surface area contributed by atoms with E-state index in [1.165, 1.54) is 29.4 Å². The molecule has 7 nitrogen and oxygen atoms in total. The van der Waals surface area contributed by atoms with E-state index in [1.807, 2.05) is 0 Å². The average molecular weight is 342 g/mol. The minimum absolute atomic E-state index is 0.115. The number of aromatic nitrogens is 2. The summed E-state index contributed by atoms with van der Waals surface area (Å²) in [4.78, 5) is 11.0. The minimum Gasteiger partial charge on any atom is -0.301 e. The zero-order chi connectivity index (χ0) is 15.9. The van der Waals surface area contributed by atoms with Crippen molar-refractivity contribution in [2.45, 2.75) is 17.7 Å². The maximum atomic E-state index is 13.2. The maximum absolute atomic E-state index is 13.2. The summed E-state index contributed by atoms with van der Waals surface area (Å²) in [6, 6.07) is 3.98. The zero-order valence-corrected chi connectivity index (χ0v) is 13.0. The van der Waals surface area contributed by atoms with Gasteiger partial charge in [-0.05, 0) is 30.2 Å². The predicted octanol–water partition coefficient (Wildman–Crippen LogP) is 1.39. The number of benzene rings is 1. The van der Waals surface area contributed by atoms with Crippen molar-refractivity contribution >= 4 is 38.1 Å². The van der Waals surface area contributed by atoms with Gasteiger partial charge in [-0.15, -0.1) is 10.2 Å². The summed E-state index contributed by atoms with van der Waals surface area (Å²) in [5.41, 5.74) is 1.08. The van der Waals surface area contributed by atoms with Crippen LogP contribution in [0.4, 0.5) is 15.2 Å². The first kappa shape index (κ1) is 14.9. The van der Waals surface area contributed by atoms with Crippen molar-refractivity contribution in [2.24, 2.45) is 0 Å². The Morgan fingerprint density at radius 1 is 1.41 bits per heavy atom. The van der Waals surface area contributed by atoms with Crippen LogP contribution < -0.4 is 9.62 Å². The highest BCUT2D eigenvalue weighted by molar-refractivity contribution is 7.94. The summed E-state index contributed by atoms with van der Waals surface area (Å²) >= 11 is 0.775. The molecule has 1 N–H and O–H groups in total. The van der Waals surface area contributed by atoms with Gasteiger partial charge in [0.15, 0.2) is 0 Å². The average Bonchev–Trinajstić information content (AvgIpc) is 3.04. The third kappa shape index (κ3) is 2.55. The second-order valence-electron chi connectivity index (χ2n) is 4.65. The quantitative estimate of drug-likeness (QED) is 0.851. The van der Waals surface area contributed by atoms with Crippen LogP contribution in [-0.4, -0.2) is 31.1 Å². The van der Waals surface area contributed by atoms with Gasteiger partial charge in [0.2, 0.25) is 11.0 Å². The van der Waals surface area contributed by atoms with E-state index >= 15 is 0 Å². The van der Waals surface area contributed by atoms with E-state index in [0.717, 1.165) is 11.3 Å². The Labute approximate surface area is 129 Å². The van der Waals surface area contributed by atoms with Crippen LogP contribution in [0.25, 0.3) is 0 Å². The smallest absolute Gasteiger partial charge is 0.293 e. The van der Waals surface area contributed by atoms with Gasteiger partial charge in [-0.2, -0.15) is 8.42 Å². The van der Waals surface area contributed by atoms with E-state index in [2.05, 4.69) is 15.5 Å². The minimum atomic E-state index is -3.88. The van der Waals surface area contributed by atoms with E-state index in [1.54, 1.807) is 0 Å². The van der Waals surface area contributed by atoms with Crippen molar-refractivity contribution in [3.8, 4) is 0 Å². The maximum Gasteiger partial charge on any atom is 0.293 e. The van der Waals surface area contributed by atoms with Crippen LogP contribution in [0.1, 0.15) is 12.5 Å². The third-order valence-electron chi connectivity index (χ3n) is 3.09. The molecule has 116 valence electrons. The fourth-order valence-corrected chi connectivity index (χ4v) is 4.75. The van der Waals surface area contributed by atoms with Crippen LogP contribution in [0.15, 0.2) is 22.5 Å². The van der Waals surface area contributed by atoms with Crippen LogP contribution in [0.5, 0.6) is 0 Å². The second-order valence-corrected chi connectivity index (χ2v) is 7.67. The molecular formula is C12H11FN4O3S2. The van der Waals surface area contributed by atoms with E-state index < -0.39 is 15.8 Å². The topological polar surface area (TPSA) is 92.3 Å². The zero-order valence-electron chi connectivity index (χ0n) is 11.4. The van der Waals surface area contributed by atoms with Crippen LogP contribution in [0, 0.1) is 5.82 Å². The molecule has 1 aliphatic rings. The van der Waals surface area contributed by atoms with Crippen LogP contribution in [0.3, 0.4) is 0 Å². The molecule has 2 heterocycles. The van der Waals surface area contributed by atoms with Gasteiger partial charge in [0, 0.05) is 13.5 Å². The summed E-state index contributed by atoms with van der Waals surface area (Å²) in [7, 11) is -3.88. The Bertz CT molecular complexity index is 850. The number of rotatable bonds is 3. The number of nitrogens with zero attached hydrogens (tertiary/aromatic N) is 3. The molecule has 0 fully saturated rings. The number of sulfonamides is 1. The fourth-order valence-electron chi connectivity index (χ4n) is 2.20. The van der Waals surface area contributed by atoms with Crippen molar-refractivity contribution in [3.63, 3.8) is 0 Å². The summed E-state index contributed by atoms with van der Waals surface area (Å²) in [6.07, 6.45) is 0.434. The Morgan fingerprint density at radius 3 is 2.91 bits per heavy atom. The molecule has 0 atom stereocenters. The van der Waals surface area contributed by atoms with Crippen molar-refractivity contribution in [3.05, 3.63) is 29.6 Å². The van der Waals surface area contributed by atoms with Gasteiger partial charge < -0.3 is 5.32 Å². The number of carbonyl (C=O) groups excluding carboxylic acids is 1. The number of anilines is 2. The van der Waals surface area contributed by atoms with E-state index in [4.69, 9.17) is 0 Å². The van der Waals surface area contributed by atoms with Gasteiger partial charge in [-0.1, -0.05) is 11.3 Å². The van der Waals surface area contributed by atoms with Gasteiger partial charge in [0.1, 0.15) is 5.82 Å². The number of halogens is 1. The highest BCUT2D eigenvalue weighted by atomic mass is 32.2. The van der Waals surface area contributed by atoms with Crippen molar-refractivity contribution in [2.75, 3.05) is 16.2 Å². The Kier molecular flexibility index (Phi) is 3.57. The lowest BCUT2D eigenvalue weighted by Gasteiger charge is -2.17. The van der Waals surface area contributed by atoms with Gasteiger partial charge >= 0.3 is 0 Å². The van der Waals surface area contributed by atoms with Gasteiger partial charge in [-0.3, -0.25) is 9.10 Å². The van der Waals surface area contributed by atoms with Crippen LogP contribution >= 0.6 is 11.3 Å². The highest BCUT2D eigenvalue weighted by Crippen LogP contribution is 2.34. The summed E-state index contributed by atoms with van der Waals surface area (Å²) < 4.78 is 39.4. The summed E-state index contributed by atoms with van der Waals surface area (Å²) in [5.74, 6) is -0.760. The highest BCUT2D eigenvalue weighted by Gasteiger charge is 2.33. The first-order valence-corrected chi connectivity index (χ1v) is 8.56. The third-order valence-corrected chi connectivity index (χ3v) is 6.09. The Hall–Kier alpha value is -2.07. The molecule has 3 rings (SSSR count). The molecule has 0 saturated carbocycles. The summed E-state index contributed by atoms with van der Waals surface area (Å²) in [6.45, 7) is 1.51. The van der Waals surface area contributed by atoms with Gasteiger partial charge in [0.25, 0.3) is 14.4 Å². The Morgan fingerprint density at radius 2 is 2.18 bits per heavy atom. The van der Waals surface area contributed by atoms with Crippen molar-refractivity contribution in [1.29, 1.82) is 0 Å². The molecular weight excluding hydrogens is 331 g/mol. The number of nitrogens with one attached hydrogen (secondary N) is 1. The molecule has 1 amide bonds. The monoisotopic (exact) mass is 342 g/mol. The molecule has 0 saturated heterocycles. The number of fused-ring (bicyclic) bond motifs is 1. The molecule has 10 heteroatoms. The number of hydrogen-bond acceptors (Lipinski definition) is 6. The standard InChI is InChI=1S/C12H11FN4O3S2/c1-7(18)14-11-15-16-12(21-11)22(19,20)17-5-4-8-6-9(13)2-3-10(8)17/h2-3,6H,4-5H2,1H3,(H,14,15,18). The second kappa shape index (κ2) is 5.29. The van der Waals surface area contributed by atoms with E-state index in [9.17, 15) is 17.6 Å². The Balaban J connectivity index is 1.95. The number of amides is 1. The largest absolute Gasteiger partial charge is 0.301 e. The molecule has 0 radical (unpaired) electrons. The SMILES string of the molecule is CC(=O)Nc1nnc(S(=O)(=O)N2CCc3cc(F)ccc32)s1. The van der Waals surface area contributed by atoms with E-state index in [-0.39, 0.29) is 21.9 Å². The predicted molar refractivity (Wildman–Crippen MR) is 78.8 cm³/mol. The molecule has 1 aliphatic heterocycles. The summed E-state index contributed by atoms with van der Waals surface area (Å²) in [5, 5.41) is 9.76. The van der Waals surface area contributed by atoms with E-state index in [0.29, 0.717) is 17.7 Å². The lowest BCUT2D eigenvalue weighted by molar-refractivity contribution is -0.114. The van der Waals surface area contributed by atoms with Gasteiger partial charge in [0.05, 0.1) is 5.69 Å². The normalized spacial score (nSPS) is 14.0. The molecule has 0 aliphatic carbocycles. The molecule has 1 aromatic heterocycles. The molecule has 2 aromatic rings. The molecule has 1 aromatic carbocycles. The first-order chi connectivity index (χ1) is 10.4. The fraction of sp³-hybridized carbons (Fsp3) is 0.250. The molecule has 0 spiro atoms. The first-order valence-electron chi connectivity index (χ1n) is 6.30. The molecule has 0 bridgehead atoms. The number of carbonyl (C=O) groups is 1. The van der Waals surface area contributed by atoms with Crippen molar-refractivity contribution in [1.82, 2.24) is 10.2 Å².